The second-order valence-corrected chi connectivity index (χ2v) is 5.22. The normalized spacial score (nSPS) is 22.8. The number of aryl methyl sites for hydroxylation is 1. The van der Waals surface area contributed by atoms with Crippen LogP contribution in [-0.2, 0) is 11.8 Å². The zero-order chi connectivity index (χ0) is 14.9. The third-order valence-electron chi connectivity index (χ3n) is 4.07. The molecule has 1 saturated heterocycles. The van der Waals surface area contributed by atoms with Crippen LogP contribution in [0.3, 0.4) is 0 Å². The molecule has 1 aromatic heterocycles. The second-order valence-electron chi connectivity index (χ2n) is 5.22. The number of carbonyl (C=O) groups is 1. The van der Waals surface area contributed by atoms with E-state index in [4.69, 9.17) is 0 Å². The summed E-state index contributed by atoms with van der Waals surface area (Å²) in [5.74, 6) is -0.673. The fraction of sp³-hybridized carbons (Fsp3) is 0.667. The number of anilines is 1. The van der Waals surface area contributed by atoms with Crippen LogP contribution in [0.5, 0.6) is 0 Å². The van der Waals surface area contributed by atoms with Crippen molar-refractivity contribution < 1.29 is 14.8 Å². The minimum atomic E-state index is -0.838. The van der Waals surface area contributed by atoms with E-state index in [1.54, 1.807) is 16.5 Å². The van der Waals surface area contributed by atoms with E-state index in [0.29, 0.717) is 31.6 Å². The Balaban J connectivity index is 2.37. The Morgan fingerprint density at radius 3 is 2.90 bits per heavy atom. The fourth-order valence-corrected chi connectivity index (χ4v) is 2.83. The molecule has 20 heavy (non-hydrogen) atoms. The highest BCUT2D eigenvalue weighted by atomic mass is 16.6. The molecule has 1 atom stereocenters. The van der Waals surface area contributed by atoms with Crippen molar-refractivity contribution in [2.45, 2.75) is 26.2 Å². The highest BCUT2D eigenvalue weighted by Gasteiger charge is 2.43. The predicted octanol–water partition coefficient (Wildman–Crippen LogP) is 1.41. The molecule has 1 aliphatic rings. The van der Waals surface area contributed by atoms with Crippen molar-refractivity contribution in [3.63, 3.8) is 0 Å². The van der Waals surface area contributed by atoms with Gasteiger partial charge in [-0.15, -0.1) is 0 Å². The number of piperidine rings is 1. The number of imidazole rings is 1. The molecule has 1 N–H and O–H groups in total. The van der Waals surface area contributed by atoms with Crippen LogP contribution >= 0.6 is 0 Å². The van der Waals surface area contributed by atoms with Crippen molar-refractivity contribution >= 4 is 17.6 Å². The van der Waals surface area contributed by atoms with Gasteiger partial charge in [0.1, 0.15) is 0 Å². The molecule has 0 amide bonds. The number of carboxylic acid groups (broad SMARTS) is 1. The van der Waals surface area contributed by atoms with Crippen LogP contribution in [0.25, 0.3) is 0 Å². The van der Waals surface area contributed by atoms with Gasteiger partial charge in [0.05, 0.1) is 5.41 Å². The first kappa shape index (κ1) is 14.3. The average molecular weight is 282 g/mol. The number of aliphatic carboxylic acids is 1. The highest BCUT2D eigenvalue weighted by molar-refractivity contribution is 5.76. The Morgan fingerprint density at radius 2 is 2.35 bits per heavy atom. The van der Waals surface area contributed by atoms with E-state index in [-0.39, 0.29) is 12.4 Å². The van der Waals surface area contributed by atoms with Crippen molar-refractivity contribution in [1.82, 2.24) is 9.55 Å². The minimum absolute atomic E-state index is 0.218. The molecule has 8 nitrogen and oxygen atoms in total. The molecule has 1 fully saturated rings. The SMILES string of the molecule is CCC1(C(=O)O)CCCN(c2c([N+](=O)[O-])ncn2C)C1. The zero-order valence-corrected chi connectivity index (χ0v) is 11.6. The van der Waals surface area contributed by atoms with Crippen molar-refractivity contribution in [2.24, 2.45) is 12.5 Å². The molecular weight excluding hydrogens is 264 g/mol. The topological polar surface area (TPSA) is 102 Å². The summed E-state index contributed by atoms with van der Waals surface area (Å²) in [6, 6.07) is 0. The number of nitrogens with zero attached hydrogens (tertiary/aromatic N) is 4. The molecule has 1 aromatic rings. The predicted molar refractivity (Wildman–Crippen MR) is 71.7 cm³/mol. The van der Waals surface area contributed by atoms with Gasteiger partial charge in [0.25, 0.3) is 0 Å². The molecule has 0 bridgehead atoms. The lowest BCUT2D eigenvalue weighted by Gasteiger charge is -2.39. The summed E-state index contributed by atoms with van der Waals surface area (Å²) in [7, 11) is 1.68. The molecule has 0 saturated carbocycles. The number of hydrogen-bond donors (Lipinski definition) is 1. The van der Waals surface area contributed by atoms with Crippen molar-refractivity contribution in [3.05, 3.63) is 16.4 Å². The van der Waals surface area contributed by atoms with Gasteiger partial charge in [0, 0.05) is 20.1 Å². The lowest BCUT2D eigenvalue weighted by atomic mass is 9.77. The smallest absolute Gasteiger partial charge is 0.406 e. The number of carboxylic acids is 1. The fourth-order valence-electron chi connectivity index (χ4n) is 2.83. The maximum Gasteiger partial charge on any atom is 0.406 e. The van der Waals surface area contributed by atoms with E-state index in [1.165, 1.54) is 6.33 Å². The minimum Gasteiger partial charge on any atom is -0.481 e. The monoisotopic (exact) mass is 282 g/mol. The summed E-state index contributed by atoms with van der Waals surface area (Å²) in [4.78, 5) is 27.6. The average Bonchev–Trinajstić information content (AvgIpc) is 2.80. The summed E-state index contributed by atoms with van der Waals surface area (Å²) in [6.07, 6.45) is 3.18. The summed E-state index contributed by atoms with van der Waals surface area (Å²) in [5.41, 5.74) is -0.837. The highest BCUT2D eigenvalue weighted by Crippen LogP contribution is 2.37. The second kappa shape index (κ2) is 5.10. The van der Waals surface area contributed by atoms with Gasteiger partial charge in [-0.2, -0.15) is 0 Å². The Kier molecular flexibility index (Phi) is 3.65. The van der Waals surface area contributed by atoms with Crippen LogP contribution in [0.1, 0.15) is 26.2 Å². The molecule has 0 spiro atoms. The molecule has 0 radical (unpaired) electrons. The summed E-state index contributed by atoms with van der Waals surface area (Å²) in [5, 5.41) is 20.5. The van der Waals surface area contributed by atoms with E-state index >= 15 is 0 Å². The zero-order valence-electron chi connectivity index (χ0n) is 11.6. The summed E-state index contributed by atoms with van der Waals surface area (Å²) >= 11 is 0. The quantitative estimate of drug-likeness (QED) is 0.661. The van der Waals surface area contributed by atoms with Crippen molar-refractivity contribution in [3.8, 4) is 0 Å². The first-order chi connectivity index (χ1) is 9.41. The third kappa shape index (κ3) is 2.21. The molecule has 2 heterocycles. The van der Waals surface area contributed by atoms with Crippen LogP contribution in [0, 0.1) is 15.5 Å². The van der Waals surface area contributed by atoms with Gasteiger partial charge in [0.2, 0.25) is 12.1 Å². The molecule has 2 rings (SSSR count). The maximum absolute atomic E-state index is 11.5. The van der Waals surface area contributed by atoms with E-state index in [1.807, 2.05) is 6.92 Å². The molecule has 0 aromatic carbocycles. The molecule has 1 aliphatic heterocycles. The lowest BCUT2D eigenvalue weighted by molar-refractivity contribution is -0.388. The Labute approximate surface area is 116 Å². The molecule has 8 heteroatoms. The van der Waals surface area contributed by atoms with Crippen molar-refractivity contribution in [2.75, 3.05) is 18.0 Å². The number of nitro groups is 1. The van der Waals surface area contributed by atoms with Crippen LogP contribution in [0.4, 0.5) is 11.6 Å². The van der Waals surface area contributed by atoms with Gasteiger partial charge in [-0.25, -0.2) is 0 Å². The van der Waals surface area contributed by atoms with E-state index in [9.17, 15) is 20.0 Å². The Hall–Kier alpha value is -2.12. The van der Waals surface area contributed by atoms with Gasteiger partial charge in [0.15, 0.2) is 0 Å². The molecule has 0 aliphatic carbocycles. The van der Waals surface area contributed by atoms with E-state index in [0.717, 1.165) is 0 Å². The number of rotatable bonds is 4. The third-order valence-corrected chi connectivity index (χ3v) is 4.07. The maximum atomic E-state index is 11.5. The largest absolute Gasteiger partial charge is 0.481 e. The van der Waals surface area contributed by atoms with Crippen LogP contribution in [-0.4, -0.2) is 38.6 Å². The van der Waals surface area contributed by atoms with Crippen LogP contribution in [0.15, 0.2) is 6.33 Å². The Morgan fingerprint density at radius 1 is 1.65 bits per heavy atom. The number of aromatic nitrogens is 2. The first-order valence-corrected chi connectivity index (χ1v) is 6.55. The van der Waals surface area contributed by atoms with E-state index < -0.39 is 16.3 Å². The van der Waals surface area contributed by atoms with Gasteiger partial charge in [-0.1, -0.05) is 6.92 Å². The first-order valence-electron chi connectivity index (χ1n) is 6.55. The molecule has 110 valence electrons. The van der Waals surface area contributed by atoms with Crippen LogP contribution in [0.2, 0.25) is 0 Å². The van der Waals surface area contributed by atoms with Gasteiger partial charge < -0.3 is 20.1 Å². The van der Waals surface area contributed by atoms with Gasteiger partial charge in [-0.05, 0) is 29.2 Å². The molecule has 1 unspecified atom stereocenters. The summed E-state index contributed by atoms with van der Waals surface area (Å²) in [6.45, 7) is 2.73. The lowest BCUT2D eigenvalue weighted by Crippen LogP contribution is -2.48. The summed E-state index contributed by atoms with van der Waals surface area (Å²) < 4.78 is 1.58. The van der Waals surface area contributed by atoms with Gasteiger partial charge >= 0.3 is 11.8 Å². The number of hydrogen-bond acceptors (Lipinski definition) is 5. The van der Waals surface area contributed by atoms with Crippen molar-refractivity contribution in [1.29, 1.82) is 0 Å². The van der Waals surface area contributed by atoms with E-state index in [2.05, 4.69) is 4.98 Å². The molecular formula is C12H18N4O4. The Bertz CT molecular complexity index is 542. The standard InChI is InChI=1S/C12H18N4O4/c1-3-12(11(17)18)5-4-6-15(7-12)10-9(16(19)20)13-8-14(10)2/h8H,3-7H2,1-2H3,(H,17,18). The van der Waals surface area contributed by atoms with Gasteiger partial charge in [-0.3, -0.25) is 9.36 Å². The van der Waals surface area contributed by atoms with Crippen LogP contribution < -0.4 is 4.90 Å².